The highest BCUT2D eigenvalue weighted by molar-refractivity contribution is 5.41. The highest BCUT2D eigenvalue weighted by Crippen LogP contribution is 2.23. The lowest BCUT2D eigenvalue weighted by molar-refractivity contribution is 0.177. The van der Waals surface area contributed by atoms with Gasteiger partial charge in [0.15, 0.2) is 0 Å². The van der Waals surface area contributed by atoms with Crippen molar-refractivity contribution in [2.75, 3.05) is 19.8 Å². The number of aliphatic hydroxyl groups is 2. The second-order valence-corrected chi connectivity index (χ2v) is 7.39. The van der Waals surface area contributed by atoms with Crippen molar-refractivity contribution in [3.8, 4) is 17.6 Å². The third kappa shape index (κ3) is 5.73. The normalized spacial score (nSPS) is 14.7. The van der Waals surface area contributed by atoms with E-state index in [1.165, 1.54) is 0 Å². The van der Waals surface area contributed by atoms with Crippen LogP contribution >= 0.6 is 0 Å². The zero-order valence-electron chi connectivity index (χ0n) is 17.7. The van der Waals surface area contributed by atoms with Crippen molar-refractivity contribution in [3.05, 3.63) is 65.6 Å². The fraction of sp³-hybridized carbons (Fsp3) is 0.391. The van der Waals surface area contributed by atoms with Crippen molar-refractivity contribution in [3.63, 3.8) is 0 Å². The molecule has 3 aromatic rings. The van der Waals surface area contributed by atoms with Crippen LogP contribution in [0.1, 0.15) is 49.2 Å². The molecule has 2 aromatic heterocycles. The number of aryl methyl sites for hydroxylation is 1. The number of phenolic OH excluding ortho intramolecular Hbond substituents is 1. The predicted molar refractivity (Wildman–Crippen MR) is 116 cm³/mol. The van der Waals surface area contributed by atoms with E-state index >= 15 is 0 Å². The summed E-state index contributed by atoms with van der Waals surface area (Å²) in [5, 5.41) is 33.2. The Balaban J connectivity index is 0.000000330. The van der Waals surface area contributed by atoms with Crippen LogP contribution in [0.5, 0.6) is 5.75 Å². The molecule has 4 rings (SSSR count). The van der Waals surface area contributed by atoms with Gasteiger partial charge < -0.3 is 29.7 Å². The lowest BCUT2D eigenvalue weighted by Crippen LogP contribution is -2.25. The Morgan fingerprint density at radius 3 is 2.45 bits per heavy atom. The second-order valence-electron chi connectivity index (χ2n) is 7.39. The Bertz CT molecular complexity index is 1020. The van der Waals surface area contributed by atoms with E-state index in [2.05, 4.69) is 45.7 Å². The number of benzene rings is 1. The SMILES string of the molecule is CCc1nccn1C(CC)c1cc(C#Cc2ccc(O)cc2)on1.OCC1(CO)CN1. The Hall–Kier alpha value is -3.12. The summed E-state index contributed by atoms with van der Waals surface area (Å²) in [4.78, 5) is 4.38. The van der Waals surface area contributed by atoms with Crippen molar-refractivity contribution in [1.29, 1.82) is 0 Å². The molecule has 0 spiro atoms. The van der Waals surface area contributed by atoms with Crippen LogP contribution in [0.2, 0.25) is 0 Å². The van der Waals surface area contributed by atoms with E-state index in [-0.39, 0.29) is 30.5 Å². The summed E-state index contributed by atoms with van der Waals surface area (Å²) in [6.07, 6.45) is 5.55. The quantitative estimate of drug-likeness (QED) is 0.351. The summed E-state index contributed by atoms with van der Waals surface area (Å²) in [5.41, 5.74) is 1.35. The van der Waals surface area contributed by atoms with E-state index < -0.39 is 0 Å². The van der Waals surface area contributed by atoms with E-state index in [0.717, 1.165) is 36.5 Å². The van der Waals surface area contributed by atoms with Gasteiger partial charge in [-0.05, 0) is 36.6 Å². The van der Waals surface area contributed by atoms with Crippen molar-refractivity contribution < 1.29 is 19.8 Å². The number of nitrogens with one attached hydrogen (secondary N) is 1. The standard InChI is InChI=1S/C19H19N3O2.C4H9NO2/c1-3-18(22-12-11-20-19(22)4-2)17-13-16(24-21-17)10-7-14-5-8-15(23)9-6-14;6-2-4(3-7)1-5-4/h5-6,8-9,11-13,18,23H,3-4H2,1-2H3;5-7H,1-3H2. The third-order valence-corrected chi connectivity index (χ3v) is 5.14. The maximum atomic E-state index is 9.28. The molecule has 1 saturated heterocycles. The van der Waals surface area contributed by atoms with Crippen LogP contribution in [0.15, 0.2) is 47.2 Å². The van der Waals surface area contributed by atoms with E-state index in [1.54, 1.807) is 24.3 Å². The van der Waals surface area contributed by atoms with E-state index in [9.17, 15) is 5.11 Å². The first kappa shape index (κ1) is 22.6. The molecule has 0 saturated carbocycles. The number of hydrogen-bond acceptors (Lipinski definition) is 7. The van der Waals surface area contributed by atoms with Gasteiger partial charge >= 0.3 is 0 Å². The van der Waals surface area contributed by atoms with Crippen LogP contribution in [0.3, 0.4) is 0 Å². The minimum atomic E-state index is -0.306. The van der Waals surface area contributed by atoms with Gasteiger partial charge in [-0.1, -0.05) is 24.9 Å². The highest BCUT2D eigenvalue weighted by atomic mass is 16.5. The molecule has 0 aliphatic carbocycles. The second kappa shape index (κ2) is 10.3. The molecule has 1 aliphatic heterocycles. The first-order valence-electron chi connectivity index (χ1n) is 10.3. The summed E-state index contributed by atoms with van der Waals surface area (Å²) in [6.45, 7) is 5.04. The van der Waals surface area contributed by atoms with E-state index in [0.29, 0.717) is 5.76 Å². The molecule has 1 aromatic carbocycles. The Labute approximate surface area is 181 Å². The van der Waals surface area contributed by atoms with Gasteiger partial charge in [-0.25, -0.2) is 4.98 Å². The fourth-order valence-corrected chi connectivity index (χ4v) is 3.03. The minimum Gasteiger partial charge on any atom is -0.508 e. The lowest BCUT2D eigenvalue weighted by Gasteiger charge is -2.15. The molecule has 0 bridgehead atoms. The smallest absolute Gasteiger partial charge is 0.210 e. The maximum absolute atomic E-state index is 9.28. The van der Waals surface area contributed by atoms with Crippen LogP contribution in [-0.2, 0) is 6.42 Å². The van der Waals surface area contributed by atoms with Gasteiger partial charge in [0.25, 0.3) is 0 Å². The number of aromatic nitrogens is 3. The van der Waals surface area contributed by atoms with Crippen LogP contribution in [0, 0.1) is 11.8 Å². The largest absolute Gasteiger partial charge is 0.508 e. The number of hydrogen-bond donors (Lipinski definition) is 4. The molecule has 3 heterocycles. The molecule has 8 nitrogen and oxygen atoms in total. The molecule has 8 heteroatoms. The average Bonchev–Trinajstić information content (AvgIpc) is 3.20. The van der Waals surface area contributed by atoms with Crippen LogP contribution in [0.25, 0.3) is 0 Å². The monoisotopic (exact) mass is 424 g/mol. The number of nitrogens with zero attached hydrogens (tertiary/aromatic N) is 3. The number of aromatic hydroxyl groups is 1. The summed E-state index contributed by atoms with van der Waals surface area (Å²) >= 11 is 0. The fourth-order valence-electron chi connectivity index (χ4n) is 3.03. The maximum Gasteiger partial charge on any atom is 0.210 e. The van der Waals surface area contributed by atoms with Crippen molar-refractivity contribution in [1.82, 2.24) is 20.0 Å². The van der Waals surface area contributed by atoms with E-state index in [1.807, 2.05) is 18.5 Å². The van der Waals surface area contributed by atoms with Crippen LogP contribution in [-0.4, -0.2) is 55.3 Å². The first-order valence-corrected chi connectivity index (χ1v) is 10.3. The Kier molecular flexibility index (Phi) is 7.47. The van der Waals surface area contributed by atoms with Gasteiger partial charge in [-0.15, -0.1) is 0 Å². The Morgan fingerprint density at radius 2 is 1.90 bits per heavy atom. The number of aliphatic hydroxyl groups excluding tert-OH is 2. The first-order chi connectivity index (χ1) is 15.0. The molecule has 1 atom stereocenters. The minimum absolute atomic E-state index is 0.0451. The molecule has 0 radical (unpaired) electrons. The number of phenols is 1. The molecule has 0 amide bonds. The predicted octanol–water partition coefficient (Wildman–Crippen LogP) is 1.85. The van der Waals surface area contributed by atoms with Gasteiger partial charge in [0, 0.05) is 37.0 Å². The molecule has 4 N–H and O–H groups in total. The molecule has 1 unspecified atom stereocenters. The van der Waals surface area contributed by atoms with Crippen LogP contribution < -0.4 is 5.32 Å². The zero-order chi connectivity index (χ0) is 22.3. The molecular weight excluding hydrogens is 396 g/mol. The highest BCUT2D eigenvalue weighted by Gasteiger charge is 2.40. The van der Waals surface area contributed by atoms with E-state index in [4.69, 9.17) is 14.7 Å². The topological polar surface area (TPSA) is 126 Å². The molecule has 1 aliphatic rings. The van der Waals surface area contributed by atoms with Gasteiger partial charge in [0.2, 0.25) is 5.76 Å². The summed E-state index contributed by atoms with van der Waals surface area (Å²) in [6, 6.07) is 8.69. The lowest BCUT2D eigenvalue weighted by atomic mass is 10.1. The van der Waals surface area contributed by atoms with Crippen LogP contribution in [0.4, 0.5) is 0 Å². The number of imidazole rings is 1. The zero-order valence-corrected chi connectivity index (χ0v) is 17.7. The summed E-state index contributed by atoms with van der Waals surface area (Å²) in [5.74, 6) is 7.74. The summed E-state index contributed by atoms with van der Waals surface area (Å²) < 4.78 is 7.49. The molecular formula is C23H28N4O4. The molecule has 1 fully saturated rings. The third-order valence-electron chi connectivity index (χ3n) is 5.14. The average molecular weight is 425 g/mol. The van der Waals surface area contributed by atoms with Crippen molar-refractivity contribution in [2.45, 2.75) is 38.3 Å². The van der Waals surface area contributed by atoms with Gasteiger partial charge in [0.1, 0.15) is 17.3 Å². The molecule has 164 valence electrons. The van der Waals surface area contributed by atoms with Crippen molar-refractivity contribution in [2.24, 2.45) is 0 Å². The number of rotatable bonds is 6. The summed E-state index contributed by atoms with van der Waals surface area (Å²) in [7, 11) is 0. The van der Waals surface area contributed by atoms with Gasteiger partial charge in [0.05, 0.1) is 24.8 Å². The van der Waals surface area contributed by atoms with Crippen molar-refractivity contribution >= 4 is 0 Å². The Morgan fingerprint density at radius 1 is 1.19 bits per heavy atom. The van der Waals surface area contributed by atoms with Gasteiger partial charge in [-0.2, -0.15) is 0 Å². The van der Waals surface area contributed by atoms with Gasteiger partial charge in [-0.3, -0.25) is 0 Å². The molecule has 31 heavy (non-hydrogen) atoms.